The van der Waals surface area contributed by atoms with Gasteiger partial charge in [0, 0.05) is 25.1 Å². The first kappa shape index (κ1) is 30.6. The minimum atomic E-state index is -4.75. The van der Waals surface area contributed by atoms with E-state index in [1.165, 1.54) is 4.90 Å². The topological polar surface area (TPSA) is 134 Å². The van der Waals surface area contributed by atoms with E-state index in [-0.39, 0.29) is 53.9 Å². The maximum absolute atomic E-state index is 13.8. The van der Waals surface area contributed by atoms with E-state index in [9.17, 15) is 27.6 Å². The Morgan fingerprint density at radius 3 is 2.45 bits per heavy atom. The molecule has 1 saturated heterocycles. The number of carbonyl (C=O) groups is 3. The largest absolute Gasteiger partial charge is 0.479 e. The van der Waals surface area contributed by atoms with Crippen LogP contribution in [-0.2, 0) is 31.0 Å². The summed E-state index contributed by atoms with van der Waals surface area (Å²) >= 11 is -0.740. The average molecular weight is 613 g/mol. The Balaban J connectivity index is 1.61. The van der Waals surface area contributed by atoms with Gasteiger partial charge in [0.1, 0.15) is 11.4 Å². The number of nitrogens with zero attached hydrogens (tertiary/aromatic N) is 3. The van der Waals surface area contributed by atoms with Crippen molar-refractivity contribution in [1.82, 2.24) is 14.9 Å². The summed E-state index contributed by atoms with van der Waals surface area (Å²) < 4.78 is 56.2. The maximum atomic E-state index is 13.8. The Morgan fingerprint density at radius 1 is 1.07 bits per heavy atom. The molecule has 14 heteroatoms. The molecular formula is C28H35F3N4O6S. The van der Waals surface area contributed by atoms with Crippen LogP contribution >= 0.6 is 12.0 Å². The predicted molar refractivity (Wildman–Crippen MR) is 146 cm³/mol. The first-order valence-corrected chi connectivity index (χ1v) is 14.8. The Labute approximate surface area is 246 Å². The van der Waals surface area contributed by atoms with Crippen molar-refractivity contribution >= 4 is 35.4 Å². The SMILES string of the molecule is CC(C)(C)OC(=O)N1Cc2c(OSC(F)(F)F)nc(/C(N)=C3\CCC[C@@]4(CCCCC4=O)C3=O)nc2[C@@]2(CCOC2)C1. The third-order valence-corrected chi connectivity index (χ3v) is 8.81. The standard InChI is InChI=1S/C28H35F3N4O6S/c1-25(2,3)40-24(38)35-13-17-20(26(14-35)11-12-39-15-26)33-22(34-23(17)41-42-28(29,30)31)19(32)16-7-6-10-27(21(16)37)9-5-4-8-18(27)36/h4-15,32H2,1-3H3/b19-16-/t26-,27+/m0/s1. The number of fused-ring (bicyclic) bond motifs is 2. The van der Waals surface area contributed by atoms with E-state index in [1.807, 2.05) is 0 Å². The number of carbonyl (C=O) groups excluding carboxylic acids is 3. The summed E-state index contributed by atoms with van der Waals surface area (Å²) in [5.74, 6) is -0.997. The Bertz CT molecular complexity index is 1320. The van der Waals surface area contributed by atoms with Crippen LogP contribution in [0.2, 0.25) is 0 Å². The van der Waals surface area contributed by atoms with Gasteiger partial charge in [-0.1, -0.05) is 6.42 Å². The van der Waals surface area contributed by atoms with Gasteiger partial charge in [-0.25, -0.2) is 9.78 Å². The summed E-state index contributed by atoms with van der Waals surface area (Å²) in [7, 11) is 0. The first-order chi connectivity index (χ1) is 19.6. The number of hydrogen-bond acceptors (Lipinski definition) is 10. The van der Waals surface area contributed by atoms with Crippen LogP contribution in [0, 0.1) is 5.41 Å². The number of aromatic nitrogens is 2. The summed E-state index contributed by atoms with van der Waals surface area (Å²) in [6.07, 6.45) is 3.36. The first-order valence-electron chi connectivity index (χ1n) is 14.1. The second-order valence-corrected chi connectivity index (χ2v) is 13.3. The molecule has 3 fully saturated rings. The lowest BCUT2D eigenvalue weighted by Crippen LogP contribution is -2.50. The highest BCUT2D eigenvalue weighted by molar-refractivity contribution is 7.95. The molecule has 5 rings (SSSR count). The summed E-state index contributed by atoms with van der Waals surface area (Å²) in [5, 5.41) is 0. The van der Waals surface area contributed by atoms with Gasteiger partial charge in [0.2, 0.25) is 5.88 Å². The van der Waals surface area contributed by atoms with Crippen molar-refractivity contribution in [1.29, 1.82) is 0 Å². The van der Waals surface area contributed by atoms with Crippen LogP contribution in [-0.4, -0.2) is 63.4 Å². The molecule has 0 unspecified atom stereocenters. The highest BCUT2D eigenvalue weighted by Gasteiger charge is 2.51. The van der Waals surface area contributed by atoms with Gasteiger partial charge in [0.05, 0.1) is 40.9 Å². The van der Waals surface area contributed by atoms with Crippen LogP contribution in [0.5, 0.6) is 5.88 Å². The molecule has 3 heterocycles. The smallest absolute Gasteiger partial charge is 0.444 e. The van der Waals surface area contributed by atoms with Gasteiger partial charge in [-0.05, 0) is 59.3 Å². The van der Waals surface area contributed by atoms with Crippen molar-refractivity contribution < 1.29 is 41.2 Å². The van der Waals surface area contributed by atoms with Crippen molar-refractivity contribution in [3.63, 3.8) is 0 Å². The van der Waals surface area contributed by atoms with Crippen LogP contribution < -0.4 is 9.92 Å². The number of ether oxygens (including phenoxy) is 2. The van der Waals surface area contributed by atoms with Crippen LogP contribution in [0.4, 0.5) is 18.0 Å². The number of allylic oxidation sites excluding steroid dienone is 1. The summed E-state index contributed by atoms with van der Waals surface area (Å²) in [5.41, 5.74) is -0.334. The number of Topliss-reactive ketones (excluding diaryl/α,β-unsaturated/α-hetero) is 2. The van der Waals surface area contributed by atoms with Gasteiger partial charge >= 0.3 is 11.6 Å². The maximum Gasteiger partial charge on any atom is 0.479 e. The molecule has 1 aromatic heterocycles. The highest BCUT2D eigenvalue weighted by atomic mass is 32.2. The minimum absolute atomic E-state index is 0.0780. The molecular weight excluding hydrogens is 577 g/mol. The van der Waals surface area contributed by atoms with E-state index < -0.39 is 46.0 Å². The Hall–Kier alpha value is -2.87. The van der Waals surface area contributed by atoms with Gasteiger partial charge in [-0.15, -0.1) is 0 Å². The summed E-state index contributed by atoms with van der Waals surface area (Å²) in [6, 6.07) is 0. The fourth-order valence-electron chi connectivity index (χ4n) is 6.45. The molecule has 1 amide bonds. The van der Waals surface area contributed by atoms with E-state index in [0.717, 1.165) is 12.8 Å². The Kier molecular flexibility index (Phi) is 8.01. The van der Waals surface area contributed by atoms with Crippen LogP contribution in [0.25, 0.3) is 5.70 Å². The summed E-state index contributed by atoms with van der Waals surface area (Å²) in [6.45, 7) is 5.62. The molecule has 42 heavy (non-hydrogen) atoms. The van der Waals surface area contributed by atoms with Crippen molar-refractivity contribution in [2.75, 3.05) is 19.8 Å². The van der Waals surface area contributed by atoms with Gasteiger partial charge in [-0.3, -0.25) is 9.59 Å². The molecule has 0 radical (unpaired) electrons. The normalized spacial score (nSPS) is 27.8. The number of amides is 1. The molecule has 0 bridgehead atoms. The Morgan fingerprint density at radius 2 is 1.81 bits per heavy atom. The lowest BCUT2D eigenvalue weighted by atomic mass is 9.62. The van der Waals surface area contributed by atoms with E-state index in [2.05, 4.69) is 4.98 Å². The number of rotatable bonds is 3. The highest BCUT2D eigenvalue weighted by Crippen LogP contribution is 2.47. The molecule has 10 nitrogen and oxygen atoms in total. The molecule has 2 aliphatic carbocycles. The molecule has 2 aliphatic heterocycles. The molecule has 2 atom stereocenters. The van der Waals surface area contributed by atoms with Gasteiger partial charge in [0.15, 0.2) is 23.7 Å². The number of halogens is 3. The third-order valence-electron chi connectivity index (χ3n) is 8.38. The van der Waals surface area contributed by atoms with Crippen LogP contribution in [0.3, 0.4) is 0 Å². The quantitative estimate of drug-likeness (QED) is 0.283. The lowest BCUT2D eigenvalue weighted by molar-refractivity contribution is -0.143. The predicted octanol–water partition coefficient (Wildman–Crippen LogP) is 4.98. The second kappa shape index (κ2) is 11.0. The van der Waals surface area contributed by atoms with Crippen LogP contribution in [0.15, 0.2) is 5.57 Å². The molecule has 2 saturated carbocycles. The number of ketones is 2. The van der Waals surface area contributed by atoms with E-state index in [1.54, 1.807) is 20.8 Å². The van der Waals surface area contributed by atoms with E-state index in [4.69, 9.17) is 24.4 Å². The lowest BCUT2D eigenvalue weighted by Gasteiger charge is -2.41. The van der Waals surface area contributed by atoms with Crippen molar-refractivity contribution in [3.05, 3.63) is 22.7 Å². The summed E-state index contributed by atoms with van der Waals surface area (Å²) in [4.78, 5) is 50.2. The van der Waals surface area contributed by atoms with Gasteiger partial charge in [-0.2, -0.15) is 18.2 Å². The molecule has 230 valence electrons. The van der Waals surface area contributed by atoms with Crippen molar-refractivity contribution in [2.45, 2.75) is 95.2 Å². The third kappa shape index (κ3) is 5.84. The average Bonchev–Trinajstić information content (AvgIpc) is 3.37. The molecule has 1 aromatic rings. The minimum Gasteiger partial charge on any atom is -0.444 e. The number of nitrogens with two attached hydrogens (primary N) is 1. The van der Waals surface area contributed by atoms with Crippen molar-refractivity contribution in [2.24, 2.45) is 11.1 Å². The zero-order valence-electron chi connectivity index (χ0n) is 23.9. The van der Waals surface area contributed by atoms with Gasteiger partial charge < -0.3 is 24.3 Å². The number of alkyl halides is 3. The molecule has 2 spiro atoms. The fourth-order valence-corrected chi connectivity index (χ4v) is 6.76. The number of hydrogen-bond donors (Lipinski definition) is 1. The monoisotopic (exact) mass is 612 g/mol. The van der Waals surface area contributed by atoms with E-state index >= 15 is 0 Å². The second-order valence-electron chi connectivity index (χ2n) is 12.5. The van der Waals surface area contributed by atoms with Gasteiger partial charge in [0.25, 0.3) is 0 Å². The zero-order chi connectivity index (χ0) is 30.5. The molecule has 2 N–H and O–H groups in total. The molecule has 4 aliphatic rings. The fraction of sp³-hybridized carbons (Fsp3) is 0.679. The zero-order valence-corrected chi connectivity index (χ0v) is 24.7. The van der Waals surface area contributed by atoms with Crippen LogP contribution in [0.1, 0.15) is 89.2 Å². The molecule has 0 aromatic carbocycles. The van der Waals surface area contributed by atoms with E-state index in [0.29, 0.717) is 50.8 Å². The van der Waals surface area contributed by atoms with Crippen molar-refractivity contribution in [3.8, 4) is 5.88 Å².